The minimum absolute atomic E-state index is 0.0681. The lowest BCUT2D eigenvalue weighted by Gasteiger charge is -2.36. The van der Waals surface area contributed by atoms with Crippen molar-refractivity contribution in [3.63, 3.8) is 0 Å². The lowest BCUT2D eigenvalue weighted by molar-refractivity contribution is -0.135. The molecule has 7 heteroatoms. The van der Waals surface area contributed by atoms with E-state index in [9.17, 15) is 14.7 Å². The maximum absolute atomic E-state index is 12.4. The van der Waals surface area contributed by atoms with Crippen molar-refractivity contribution in [3.8, 4) is 5.75 Å². The van der Waals surface area contributed by atoms with Crippen LogP contribution in [0.4, 0.5) is 4.79 Å². The van der Waals surface area contributed by atoms with Crippen molar-refractivity contribution >= 4 is 11.9 Å². The number of benzene rings is 1. The van der Waals surface area contributed by atoms with Crippen LogP contribution in [0.5, 0.6) is 5.75 Å². The first-order valence-corrected chi connectivity index (χ1v) is 9.21. The Morgan fingerprint density at radius 2 is 2.12 bits per heavy atom. The van der Waals surface area contributed by atoms with Crippen molar-refractivity contribution in [2.24, 2.45) is 0 Å². The van der Waals surface area contributed by atoms with Crippen LogP contribution in [0.15, 0.2) is 24.3 Å². The first-order valence-electron chi connectivity index (χ1n) is 9.21. The summed E-state index contributed by atoms with van der Waals surface area (Å²) < 4.78 is 5.22. The van der Waals surface area contributed by atoms with E-state index in [1.165, 1.54) is 4.90 Å². The van der Waals surface area contributed by atoms with E-state index in [2.05, 4.69) is 5.32 Å². The summed E-state index contributed by atoms with van der Waals surface area (Å²) in [6.07, 6.45) is 3.02. The average molecular weight is 361 g/mol. The predicted octanol–water partition coefficient (Wildman–Crippen LogP) is 1.35. The molecular formula is C19H27N3O4. The number of carbonyl (C=O) groups excluding carboxylic acids is 2. The van der Waals surface area contributed by atoms with Gasteiger partial charge >= 0.3 is 6.03 Å². The van der Waals surface area contributed by atoms with E-state index in [1.54, 1.807) is 12.0 Å². The topological polar surface area (TPSA) is 82.1 Å². The Hall–Kier alpha value is -2.28. The molecule has 1 aliphatic carbocycles. The fraction of sp³-hybridized carbons (Fsp3) is 0.579. The molecule has 2 atom stereocenters. The van der Waals surface area contributed by atoms with Gasteiger partial charge in [0.2, 0.25) is 5.91 Å². The number of nitrogens with one attached hydrogen (secondary N) is 1. The highest BCUT2D eigenvalue weighted by Gasteiger charge is 2.30. The van der Waals surface area contributed by atoms with Gasteiger partial charge in [0.05, 0.1) is 19.3 Å². The van der Waals surface area contributed by atoms with Crippen LogP contribution < -0.4 is 10.1 Å². The monoisotopic (exact) mass is 361 g/mol. The van der Waals surface area contributed by atoms with Crippen LogP contribution in [0.1, 0.15) is 31.2 Å². The van der Waals surface area contributed by atoms with Gasteiger partial charge in [-0.15, -0.1) is 0 Å². The highest BCUT2D eigenvalue weighted by Crippen LogP contribution is 2.19. The molecule has 0 aromatic heterocycles. The quantitative estimate of drug-likeness (QED) is 0.848. The minimum Gasteiger partial charge on any atom is -0.497 e. The van der Waals surface area contributed by atoms with Crippen molar-refractivity contribution in [1.29, 1.82) is 0 Å². The summed E-state index contributed by atoms with van der Waals surface area (Å²) in [7, 11) is 1.62. The number of rotatable bonds is 4. The predicted molar refractivity (Wildman–Crippen MR) is 96.8 cm³/mol. The number of hydrogen-bond acceptors (Lipinski definition) is 4. The Morgan fingerprint density at radius 3 is 2.85 bits per heavy atom. The molecule has 2 N–H and O–H groups in total. The molecule has 1 saturated heterocycles. The first kappa shape index (κ1) is 18.5. The van der Waals surface area contributed by atoms with E-state index in [-0.39, 0.29) is 24.5 Å². The molecule has 0 spiro atoms. The van der Waals surface area contributed by atoms with E-state index in [1.807, 2.05) is 24.3 Å². The van der Waals surface area contributed by atoms with E-state index in [0.29, 0.717) is 19.6 Å². The third-order valence-corrected chi connectivity index (χ3v) is 5.15. The zero-order valence-corrected chi connectivity index (χ0v) is 15.2. The lowest BCUT2D eigenvalue weighted by Crippen LogP contribution is -2.57. The highest BCUT2D eigenvalue weighted by atomic mass is 16.5. The SMILES string of the molecule is COc1cccc(CN2CCN(C(=O)N[C@H]3CCCC[C@@H]3O)CC2=O)c1. The van der Waals surface area contributed by atoms with Gasteiger partial charge in [0, 0.05) is 19.6 Å². The number of aliphatic hydroxyl groups is 1. The van der Waals surface area contributed by atoms with E-state index < -0.39 is 6.10 Å². The fourth-order valence-corrected chi connectivity index (χ4v) is 3.57. The number of ether oxygens (including phenoxy) is 1. The van der Waals surface area contributed by atoms with E-state index in [0.717, 1.165) is 37.0 Å². The molecule has 1 heterocycles. The van der Waals surface area contributed by atoms with Crippen molar-refractivity contribution in [2.75, 3.05) is 26.7 Å². The number of carbonyl (C=O) groups is 2. The maximum Gasteiger partial charge on any atom is 0.318 e. The first-order chi connectivity index (χ1) is 12.6. The normalized spacial score (nSPS) is 23.7. The molecule has 1 aromatic carbocycles. The van der Waals surface area contributed by atoms with Gasteiger partial charge in [-0.2, -0.15) is 0 Å². The molecule has 2 fully saturated rings. The molecule has 2 aliphatic rings. The van der Waals surface area contributed by atoms with Crippen LogP contribution in [-0.4, -0.2) is 65.7 Å². The minimum atomic E-state index is -0.488. The van der Waals surface area contributed by atoms with E-state index >= 15 is 0 Å². The number of urea groups is 1. The third kappa shape index (κ3) is 4.46. The molecule has 142 valence electrons. The second kappa shape index (κ2) is 8.40. The summed E-state index contributed by atoms with van der Waals surface area (Å²) in [5.74, 6) is 0.692. The van der Waals surface area contributed by atoms with Gasteiger partial charge in [0.25, 0.3) is 0 Å². The Balaban J connectivity index is 1.52. The van der Waals surface area contributed by atoms with Crippen molar-refractivity contribution in [1.82, 2.24) is 15.1 Å². The van der Waals surface area contributed by atoms with E-state index in [4.69, 9.17) is 4.74 Å². The molecule has 0 unspecified atom stereocenters. The molecule has 26 heavy (non-hydrogen) atoms. The van der Waals surface area contributed by atoms with Gasteiger partial charge in [0.15, 0.2) is 0 Å². The molecule has 0 radical (unpaired) electrons. The zero-order chi connectivity index (χ0) is 18.5. The van der Waals surface area contributed by atoms with Crippen LogP contribution in [0.25, 0.3) is 0 Å². The van der Waals surface area contributed by atoms with Crippen LogP contribution in [-0.2, 0) is 11.3 Å². The molecule has 1 saturated carbocycles. The summed E-state index contributed by atoms with van der Waals surface area (Å²) in [5.41, 5.74) is 1.00. The van der Waals surface area contributed by atoms with Gasteiger partial charge in [-0.3, -0.25) is 4.79 Å². The second-order valence-electron chi connectivity index (χ2n) is 7.00. The van der Waals surface area contributed by atoms with Crippen molar-refractivity contribution < 1.29 is 19.4 Å². The molecule has 1 aliphatic heterocycles. The Morgan fingerprint density at radius 1 is 1.31 bits per heavy atom. The summed E-state index contributed by atoms with van der Waals surface area (Å²) in [6.45, 7) is 1.56. The molecule has 0 bridgehead atoms. The maximum atomic E-state index is 12.4. The fourth-order valence-electron chi connectivity index (χ4n) is 3.57. The Bertz CT molecular complexity index is 651. The third-order valence-electron chi connectivity index (χ3n) is 5.15. The number of amides is 3. The molecule has 3 rings (SSSR count). The Labute approximate surface area is 153 Å². The van der Waals surface area contributed by atoms with Crippen molar-refractivity contribution in [2.45, 2.75) is 44.4 Å². The summed E-state index contributed by atoms with van der Waals surface area (Å²) >= 11 is 0. The summed E-state index contributed by atoms with van der Waals surface area (Å²) in [5, 5.41) is 12.9. The highest BCUT2D eigenvalue weighted by molar-refractivity contribution is 5.85. The summed E-state index contributed by atoms with van der Waals surface area (Å²) in [6, 6.07) is 7.17. The van der Waals surface area contributed by atoms with Gasteiger partial charge in [-0.05, 0) is 30.5 Å². The van der Waals surface area contributed by atoms with Crippen LogP contribution in [0, 0.1) is 0 Å². The second-order valence-corrected chi connectivity index (χ2v) is 7.00. The number of piperazine rings is 1. The smallest absolute Gasteiger partial charge is 0.318 e. The van der Waals surface area contributed by atoms with Gasteiger partial charge in [0.1, 0.15) is 12.3 Å². The van der Waals surface area contributed by atoms with Crippen LogP contribution in [0.3, 0.4) is 0 Å². The standard InChI is InChI=1S/C19H27N3O4/c1-26-15-6-4-5-14(11-15)12-21-9-10-22(13-18(21)24)19(25)20-16-7-2-3-8-17(16)23/h4-6,11,16-17,23H,2-3,7-10,12-13H2,1H3,(H,20,25)/t16-,17-/m0/s1. The van der Waals surface area contributed by atoms with Gasteiger partial charge < -0.3 is 25.0 Å². The van der Waals surface area contributed by atoms with Crippen LogP contribution >= 0.6 is 0 Å². The number of nitrogens with zero attached hydrogens (tertiary/aromatic N) is 2. The molecule has 1 aromatic rings. The van der Waals surface area contributed by atoms with Gasteiger partial charge in [-0.25, -0.2) is 4.79 Å². The number of hydrogen-bond donors (Lipinski definition) is 2. The summed E-state index contributed by atoms with van der Waals surface area (Å²) in [4.78, 5) is 28.2. The molecular weight excluding hydrogens is 334 g/mol. The van der Waals surface area contributed by atoms with Crippen LogP contribution in [0.2, 0.25) is 0 Å². The average Bonchev–Trinajstić information content (AvgIpc) is 2.65. The molecule has 3 amide bonds. The molecule has 7 nitrogen and oxygen atoms in total. The zero-order valence-electron chi connectivity index (χ0n) is 15.2. The Kier molecular flexibility index (Phi) is 5.98. The largest absolute Gasteiger partial charge is 0.497 e. The lowest BCUT2D eigenvalue weighted by atomic mass is 9.93. The van der Waals surface area contributed by atoms with Gasteiger partial charge in [-0.1, -0.05) is 25.0 Å². The number of aliphatic hydroxyl groups excluding tert-OH is 1. The van der Waals surface area contributed by atoms with Crippen molar-refractivity contribution in [3.05, 3.63) is 29.8 Å². The number of methoxy groups -OCH3 is 1.